The third kappa shape index (κ3) is 4.13. The second kappa shape index (κ2) is 8.11. The summed E-state index contributed by atoms with van der Waals surface area (Å²) in [5.74, 6) is 0.463. The summed E-state index contributed by atoms with van der Waals surface area (Å²) < 4.78 is 12.0. The maximum Gasteiger partial charge on any atom is 0.235 e. The summed E-state index contributed by atoms with van der Waals surface area (Å²) in [6.45, 7) is 2.04. The Labute approximate surface area is 182 Å². The molecule has 146 valence electrons. The van der Waals surface area contributed by atoms with Crippen LogP contribution in [0.25, 0.3) is 22.3 Å². The molecule has 0 spiro atoms. The zero-order valence-electron chi connectivity index (χ0n) is 15.3. The molecule has 0 saturated heterocycles. The molecule has 0 saturated carbocycles. The van der Waals surface area contributed by atoms with Crippen LogP contribution in [0, 0.1) is 6.92 Å². The molecule has 3 aromatic carbocycles. The number of hydrogen-bond acceptors (Lipinski definition) is 3. The Morgan fingerprint density at radius 3 is 2.17 bits per heavy atom. The van der Waals surface area contributed by atoms with Crippen LogP contribution in [-0.2, 0) is 6.61 Å². The van der Waals surface area contributed by atoms with E-state index in [-0.39, 0.29) is 17.8 Å². The van der Waals surface area contributed by atoms with Crippen LogP contribution in [0.4, 0.5) is 0 Å². The monoisotopic (exact) mass is 444 g/mol. The van der Waals surface area contributed by atoms with Crippen molar-refractivity contribution in [3.8, 4) is 17.1 Å². The minimum absolute atomic E-state index is 0.120. The molecule has 3 nitrogen and oxygen atoms in total. The van der Waals surface area contributed by atoms with Gasteiger partial charge in [-0.05, 0) is 66.6 Å². The van der Waals surface area contributed by atoms with Gasteiger partial charge in [0.2, 0.25) is 11.2 Å². The van der Waals surface area contributed by atoms with Crippen molar-refractivity contribution in [2.45, 2.75) is 13.5 Å². The summed E-state index contributed by atoms with van der Waals surface area (Å²) in [5, 5.41) is 2.08. The lowest BCUT2D eigenvalue weighted by Gasteiger charge is -2.13. The van der Waals surface area contributed by atoms with Crippen LogP contribution in [0.1, 0.15) is 11.1 Å². The highest BCUT2D eigenvalue weighted by Gasteiger charge is 2.19. The van der Waals surface area contributed by atoms with Crippen LogP contribution in [0.3, 0.4) is 0 Å². The molecule has 0 aliphatic carbocycles. The number of halogens is 3. The molecule has 4 rings (SSSR count). The zero-order chi connectivity index (χ0) is 20.5. The van der Waals surface area contributed by atoms with E-state index < -0.39 is 0 Å². The van der Waals surface area contributed by atoms with Crippen molar-refractivity contribution in [2.24, 2.45) is 0 Å². The highest BCUT2D eigenvalue weighted by Crippen LogP contribution is 2.33. The average Bonchev–Trinajstić information content (AvgIpc) is 2.71. The Hall–Kier alpha value is -2.46. The van der Waals surface area contributed by atoms with Crippen LogP contribution in [-0.4, -0.2) is 0 Å². The lowest BCUT2D eigenvalue weighted by atomic mass is 10.1. The summed E-state index contributed by atoms with van der Waals surface area (Å²) in [6.07, 6.45) is 0. The standard InChI is InChI=1S/C23H15Cl3O3/c1-13-10-20-18(11-19(13)26)21(27)23(28-12-14-2-6-16(24)7-3-14)22(29-20)15-4-8-17(25)9-5-15/h2-11H,12H2,1H3. The van der Waals surface area contributed by atoms with Gasteiger partial charge in [0.05, 0.1) is 5.39 Å². The van der Waals surface area contributed by atoms with Gasteiger partial charge in [0.1, 0.15) is 12.2 Å². The van der Waals surface area contributed by atoms with Crippen LogP contribution in [0.5, 0.6) is 5.75 Å². The molecule has 1 heterocycles. The van der Waals surface area contributed by atoms with Crippen LogP contribution < -0.4 is 10.2 Å². The van der Waals surface area contributed by atoms with E-state index in [1.807, 2.05) is 19.1 Å². The fraction of sp³-hybridized carbons (Fsp3) is 0.0870. The number of aryl methyl sites for hydroxylation is 1. The average molecular weight is 446 g/mol. The Kier molecular flexibility index (Phi) is 5.55. The van der Waals surface area contributed by atoms with E-state index in [1.54, 1.807) is 48.5 Å². The molecule has 0 fully saturated rings. The van der Waals surface area contributed by atoms with Crippen molar-refractivity contribution in [1.82, 2.24) is 0 Å². The molecule has 4 aromatic rings. The van der Waals surface area contributed by atoms with E-state index in [4.69, 9.17) is 44.0 Å². The van der Waals surface area contributed by atoms with E-state index >= 15 is 0 Å². The normalized spacial score (nSPS) is 11.0. The van der Waals surface area contributed by atoms with Gasteiger partial charge in [0.25, 0.3) is 0 Å². The van der Waals surface area contributed by atoms with E-state index in [2.05, 4.69) is 0 Å². The van der Waals surface area contributed by atoms with Crippen LogP contribution in [0.2, 0.25) is 15.1 Å². The summed E-state index contributed by atoms with van der Waals surface area (Å²) in [5.41, 5.74) is 2.54. The van der Waals surface area contributed by atoms with Crippen molar-refractivity contribution in [3.63, 3.8) is 0 Å². The summed E-state index contributed by atoms with van der Waals surface area (Å²) >= 11 is 18.2. The maximum atomic E-state index is 13.2. The van der Waals surface area contributed by atoms with Gasteiger partial charge in [0.15, 0.2) is 5.76 Å². The third-order valence-corrected chi connectivity index (χ3v) is 5.44. The molecule has 0 radical (unpaired) electrons. The zero-order valence-corrected chi connectivity index (χ0v) is 17.6. The first-order chi connectivity index (χ1) is 13.9. The molecular weight excluding hydrogens is 431 g/mol. The van der Waals surface area contributed by atoms with Crippen molar-refractivity contribution in [3.05, 3.63) is 97.1 Å². The van der Waals surface area contributed by atoms with Gasteiger partial charge < -0.3 is 9.15 Å². The van der Waals surface area contributed by atoms with Gasteiger partial charge in [-0.25, -0.2) is 0 Å². The largest absolute Gasteiger partial charge is 0.481 e. The molecule has 0 N–H and O–H groups in total. The molecule has 0 bridgehead atoms. The second-order valence-corrected chi connectivity index (χ2v) is 7.89. The lowest BCUT2D eigenvalue weighted by molar-refractivity contribution is 0.298. The van der Waals surface area contributed by atoms with Crippen molar-refractivity contribution in [1.29, 1.82) is 0 Å². The predicted octanol–water partition coefficient (Wildman–Crippen LogP) is 7.31. The Bertz CT molecular complexity index is 1240. The number of fused-ring (bicyclic) bond motifs is 1. The van der Waals surface area contributed by atoms with Crippen molar-refractivity contribution < 1.29 is 9.15 Å². The second-order valence-electron chi connectivity index (χ2n) is 6.61. The smallest absolute Gasteiger partial charge is 0.235 e. The Morgan fingerprint density at radius 1 is 0.897 bits per heavy atom. The maximum absolute atomic E-state index is 13.2. The highest BCUT2D eigenvalue weighted by atomic mass is 35.5. The molecule has 0 aliphatic rings. The first kappa shape index (κ1) is 19.8. The minimum Gasteiger partial charge on any atom is -0.481 e. The molecule has 0 unspecified atom stereocenters. The molecule has 0 aliphatic heterocycles. The molecule has 0 amide bonds. The fourth-order valence-electron chi connectivity index (χ4n) is 2.96. The predicted molar refractivity (Wildman–Crippen MR) is 118 cm³/mol. The molecule has 1 aromatic heterocycles. The highest BCUT2D eigenvalue weighted by molar-refractivity contribution is 6.32. The molecule has 29 heavy (non-hydrogen) atoms. The Balaban J connectivity index is 1.86. The number of hydrogen-bond donors (Lipinski definition) is 0. The van der Waals surface area contributed by atoms with Crippen LogP contribution >= 0.6 is 34.8 Å². The third-order valence-electron chi connectivity index (χ3n) is 4.53. The Morgan fingerprint density at radius 2 is 1.52 bits per heavy atom. The van der Waals surface area contributed by atoms with Gasteiger partial charge in [-0.3, -0.25) is 4.79 Å². The van der Waals surface area contributed by atoms with E-state index in [9.17, 15) is 4.79 Å². The van der Waals surface area contributed by atoms with E-state index in [1.165, 1.54) is 0 Å². The quantitative estimate of drug-likeness (QED) is 0.330. The molecular formula is C23H15Cl3O3. The van der Waals surface area contributed by atoms with Crippen molar-refractivity contribution in [2.75, 3.05) is 0 Å². The van der Waals surface area contributed by atoms with Gasteiger partial charge in [-0.1, -0.05) is 46.9 Å². The SMILES string of the molecule is Cc1cc2oc(-c3ccc(Cl)cc3)c(OCc3ccc(Cl)cc3)c(=O)c2cc1Cl. The van der Waals surface area contributed by atoms with Crippen LogP contribution in [0.15, 0.2) is 69.9 Å². The van der Waals surface area contributed by atoms with E-state index in [0.717, 1.165) is 11.1 Å². The summed E-state index contributed by atoms with van der Waals surface area (Å²) in [6, 6.07) is 17.6. The topological polar surface area (TPSA) is 39.4 Å². The number of rotatable bonds is 4. The molecule has 6 heteroatoms. The van der Waals surface area contributed by atoms with Gasteiger partial charge in [0, 0.05) is 20.6 Å². The lowest BCUT2D eigenvalue weighted by Crippen LogP contribution is -2.10. The van der Waals surface area contributed by atoms with Gasteiger partial charge in [-0.15, -0.1) is 0 Å². The first-order valence-corrected chi connectivity index (χ1v) is 9.96. The summed E-state index contributed by atoms with van der Waals surface area (Å²) in [4.78, 5) is 13.2. The molecule has 0 atom stereocenters. The van der Waals surface area contributed by atoms with E-state index in [0.29, 0.717) is 37.4 Å². The summed E-state index contributed by atoms with van der Waals surface area (Å²) in [7, 11) is 0. The number of benzene rings is 3. The minimum atomic E-state index is -0.285. The van der Waals surface area contributed by atoms with Crippen molar-refractivity contribution >= 4 is 45.8 Å². The number of ether oxygens (including phenoxy) is 1. The van der Waals surface area contributed by atoms with Gasteiger partial charge >= 0.3 is 0 Å². The van der Waals surface area contributed by atoms with Gasteiger partial charge in [-0.2, -0.15) is 0 Å². The first-order valence-electron chi connectivity index (χ1n) is 8.82. The fourth-order valence-corrected chi connectivity index (χ4v) is 3.37.